The molecule has 0 aliphatic rings. The molecule has 0 bridgehead atoms. The average Bonchev–Trinajstić information content (AvgIpc) is 2.76. The molecule has 2 aromatic carbocycles. The highest BCUT2D eigenvalue weighted by molar-refractivity contribution is 5.98. The van der Waals surface area contributed by atoms with Crippen LogP contribution in [0.1, 0.15) is 38.3 Å². The zero-order valence-corrected chi connectivity index (χ0v) is 18.6. The Balaban J connectivity index is 2.71. The van der Waals surface area contributed by atoms with Crippen LogP contribution in [-0.2, 0) is 23.9 Å². The molecule has 0 spiro atoms. The predicted molar refractivity (Wildman–Crippen MR) is 119 cm³/mol. The van der Waals surface area contributed by atoms with Crippen LogP contribution in [0.5, 0.6) is 0 Å². The molecule has 0 saturated heterocycles. The maximum absolute atomic E-state index is 13.2. The summed E-state index contributed by atoms with van der Waals surface area (Å²) in [6, 6.07) is 18.1. The van der Waals surface area contributed by atoms with E-state index >= 15 is 0 Å². The lowest BCUT2D eigenvalue weighted by molar-refractivity contribution is -0.157. The van der Waals surface area contributed by atoms with Crippen molar-refractivity contribution in [3.8, 4) is 0 Å². The molecule has 1 amide bonds. The molecule has 164 valence electrons. The number of esters is 2. The fourth-order valence-electron chi connectivity index (χ4n) is 3.26. The Morgan fingerprint density at radius 2 is 1.35 bits per heavy atom. The Kier molecular flexibility index (Phi) is 8.14. The summed E-state index contributed by atoms with van der Waals surface area (Å²) >= 11 is 0. The number of rotatable bonds is 7. The summed E-state index contributed by atoms with van der Waals surface area (Å²) in [5.41, 5.74) is 1.80. The van der Waals surface area contributed by atoms with E-state index in [0.29, 0.717) is 0 Å². The van der Waals surface area contributed by atoms with Gasteiger partial charge in [-0.15, -0.1) is 0 Å². The van der Waals surface area contributed by atoms with E-state index < -0.39 is 35.7 Å². The van der Waals surface area contributed by atoms with E-state index in [1.165, 1.54) is 19.1 Å². The largest absolute Gasteiger partial charge is 0.469 e. The van der Waals surface area contributed by atoms with Gasteiger partial charge in [0.25, 0.3) is 0 Å². The van der Waals surface area contributed by atoms with Crippen molar-refractivity contribution in [3.05, 3.63) is 78.0 Å². The molecule has 0 aliphatic heterocycles. The highest BCUT2D eigenvalue weighted by atomic mass is 16.5. The monoisotopic (exact) mass is 423 g/mol. The van der Waals surface area contributed by atoms with Crippen molar-refractivity contribution in [1.29, 1.82) is 0 Å². The summed E-state index contributed by atoms with van der Waals surface area (Å²) in [7, 11) is 2.50. The van der Waals surface area contributed by atoms with Crippen LogP contribution >= 0.6 is 0 Å². The smallest absolute Gasteiger partial charge is 0.329 e. The Hall–Kier alpha value is -3.41. The van der Waals surface area contributed by atoms with E-state index in [0.717, 1.165) is 16.7 Å². The van der Waals surface area contributed by atoms with Crippen LogP contribution in [0.3, 0.4) is 0 Å². The van der Waals surface area contributed by atoms with Gasteiger partial charge in [0.15, 0.2) is 0 Å². The Bertz CT molecular complexity index is 888. The number of methoxy groups -OCH3 is 2. The van der Waals surface area contributed by atoms with Crippen LogP contribution in [-0.4, -0.2) is 43.0 Å². The minimum absolute atomic E-state index is 0.493. The van der Waals surface area contributed by atoms with Gasteiger partial charge in [-0.05, 0) is 16.5 Å². The molecular formula is C25H29NO5. The third-order valence-corrected chi connectivity index (χ3v) is 4.77. The van der Waals surface area contributed by atoms with E-state index in [4.69, 9.17) is 4.74 Å². The van der Waals surface area contributed by atoms with Crippen LogP contribution in [0.25, 0.3) is 5.57 Å². The van der Waals surface area contributed by atoms with Crippen molar-refractivity contribution in [2.24, 2.45) is 5.41 Å². The molecule has 0 N–H and O–H groups in total. The maximum Gasteiger partial charge on any atom is 0.329 e. The van der Waals surface area contributed by atoms with E-state index in [9.17, 15) is 14.4 Å². The van der Waals surface area contributed by atoms with Crippen molar-refractivity contribution in [3.63, 3.8) is 0 Å². The maximum atomic E-state index is 13.2. The minimum Gasteiger partial charge on any atom is -0.469 e. The van der Waals surface area contributed by atoms with E-state index in [1.54, 1.807) is 6.20 Å². The zero-order valence-electron chi connectivity index (χ0n) is 18.6. The number of nitrogens with zero attached hydrogens (tertiary/aromatic N) is 1. The van der Waals surface area contributed by atoms with Crippen LogP contribution in [0.4, 0.5) is 0 Å². The molecule has 1 atom stereocenters. The van der Waals surface area contributed by atoms with Crippen molar-refractivity contribution >= 4 is 23.4 Å². The summed E-state index contributed by atoms with van der Waals surface area (Å²) < 4.78 is 9.69. The molecule has 2 rings (SSSR count). The lowest BCUT2D eigenvalue weighted by atomic mass is 9.85. The summed E-state index contributed by atoms with van der Waals surface area (Å²) in [5, 5.41) is 0. The first kappa shape index (κ1) is 23.9. The molecule has 0 aromatic heterocycles. The minimum atomic E-state index is -0.947. The molecule has 0 radical (unpaired) electrons. The summed E-state index contributed by atoms with van der Waals surface area (Å²) in [4.78, 5) is 39.1. The van der Waals surface area contributed by atoms with Gasteiger partial charge in [0.05, 0.1) is 14.2 Å². The summed E-state index contributed by atoms with van der Waals surface area (Å²) in [5.74, 6) is -1.80. The number of ether oxygens (including phenoxy) is 2. The predicted octanol–water partition coefficient (Wildman–Crippen LogP) is 4.06. The first-order chi connectivity index (χ1) is 14.7. The fraction of sp³-hybridized carbons (Fsp3) is 0.320. The molecular weight excluding hydrogens is 394 g/mol. The quantitative estimate of drug-likeness (QED) is 0.496. The van der Waals surface area contributed by atoms with E-state index in [2.05, 4.69) is 4.74 Å². The zero-order chi connectivity index (χ0) is 23.0. The molecule has 0 saturated carbocycles. The second-order valence-corrected chi connectivity index (χ2v) is 8.12. The molecule has 0 heterocycles. The molecule has 0 aliphatic carbocycles. The lowest BCUT2D eigenvalue weighted by Gasteiger charge is -2.36. The molecule has 6 nitrogen and oxygen atoms in total. The molecule has 31 heavy (non-hydrogen) atoms. The van der Waals surface area contributed by atoms with E-state index in [1.807, 2.05) is 81.4 Å². The number of carbonyl (C=O) groups is 3. The average molecular weight is 424 g/mol. The van der Waals surface area contributed by atoms with Gasteiger partial charge in [0, 0.05) is 11.8 Å². The number of amides is 1. The second kappa shape index (κ2) is 10.6. The Labute approximate surface area is 183 Å². The van der Waals surface area contributed by atoms with Crippen molar-refractivity contribution in [2.75, 3.05) is 14.2 Å². The third kappa shape index (κ3) is 6.28. The topological polar surface area (TPSA) is 72.9 Å². The summed E-state index contributed by atoms with van der Waals surface area (Å²) in [6.07, 6.45) is 1.14. The van der Waals surface area contributed by atoms with Gasteiger partial charge in [0.2, 0.25) is 5.91 Å². The van der Waals surface area contributed by atoms with Gasteiger partial charge in [-0.25, -0.2) is 4.79 Å². The lowest BCUT2D eigenvalue weighted by Crippen LogP contribution is -2.50. The van der Waals surface area contributed by atoms with Gasteiger partial charge in [-0.3, -0.25) is 9.59 Å². The third-order valence-electron chi connectivity index (χ3n) is 4.77. The normalized spacial score (nSPS) is 11.8. The van der Waals surface area contributed by atoms with Gasteiger partial charge in [-0.1, -0.05) is 81.4 Å². The molecule has 2 aromatic rings. The second-order valence-electron chi connectivity index (χ2n) is 8.12. The first-order valence-electron chi connectivity index (χ1n) is 9.97. The van der Waals surface area contributed by atoms with Crippen molar-refractivity contribution < 1.29 is 23.9 Å². The standard InChI is InChI=1S/C25H29NO5/c1-25(2,3)23(24(29)31-5)26(21(27)16-22(28)30-4)17-20(18-12-8-6-9-13-18)19-14-10-7-11-15-19/h6-15,17,23H,16H2,1-5H3. The van der Waals surface area contributed by atoms with Crippen molar-refractivity contribution in [2.45, 2.75) is 33.2 Å². The highest BCUT2D eigenvalue weighted by Gasteiger charge is 2.40. The van der Waals surface area contributed by atoms with Gasteiger partial charge >= 0.3 is 11.9 Å². The van der Waals surface area contributed by atoms with Gasteiger partial charge in [-0.2, -0.15) is 0 Å². The first-order valence-corrected chi connectivity index (χ1v) is 9.97. The fourth-order valence-corrected chi connectivity index (χ4v) is 3.26. The SMILES string of the molecule is COC(=O)CC(=O)N(C=C(c1ccccc1)c1ccccc1)C(C(=O)OC)C(C)(C)C. The van der Waals surface area contributed by atoms with Crippen LogP contribution < -0.4 is 0 Å². The Morgan fingerprint density at radius 3 is 1.74 bits per heavy atom. The van der Waals surface area contributed by atoms with E-state index in [-0.39, 0.29) is 0 Å². The summed E-state index contributed by atoms with van der Waals surface area (Å²) in [6.45, 7) is 5.52. The van der Waals surface area contributed by atoms with Crippen LogP contribution in [0, 0.1) is 5.41 Å². The highest BCUT2D eigenvalue weighted by Crippen LogP contribution is 2.30. The Morgan fingerprint density at radius 1 is 0.871 bits per heavy atom. The number of benzene rings is 2. The number of hydrogen-bond acceptors (Lipinski definition) is 5. The molecule has 1 unspecified atom stereocenters. The van der Waals surface area contributed by atoms with Crippen LogP contribution in [0.2, 0.25) is 0 Å². The van der Waals surface area contributed by atoms with Gasteiger partial charge < -0.3 is 14.4 Å². The number of carbonyl (C=O) groups excluding carboxylic acids is 3. The number of hydrogen-bond donors (Lipinski definition) is 0. The van der Waals surface area contributed by atoms with Crippen LogP contribution in [0.15, 0.2) is 66.9 Å². The van der Waals surface area contributed by atoms with Crippen molar-refractivity contribution in [1.82, 2.24) is 4.90 Å². The van der Waals surface area contributed by atoms with Gasteiger partial charge in [0.1, 0.15) is 12.5 Å². The molecule has 6 heteroatoms. The molecule has 0 fully saturated rings.